The van der Waals surface area contributed by atoms with E-state index in [1.807, 2.05) is 0 Å². The minimum absolute atomic E-state index is 0.504. The third-order valence-electron chi connectivity index (χ3n) is 4.46. The third-order valence-corrected chi connectivity index (χ3v) is 4.46. The molecule has 1 aliphatic carbocycles. The molecule has 0 aromatic heterocycles. The van der Waals surface area contributed by atoms with Crippen molar-refractivity contribution in [1.29, 1.82) is 0 Å². The van der Waals surface area contributed by atoms with Gasteiger partial charge in [0.25, 0.3) is 0 Å². The monoisotopic (exact) mass is 209 g/mol. The second kappa shape index (κ2) is 3.76. The number of hydrogen-bond acceptors (Lipinski definition) is 1. The van der Waals surface area contributed by atoms with Crippen LogP contribution in [-0.2, 0) is 0 Å². The maximum absolute atomic E-state index is 2.63. The molecule has 1 saturated heterocycles. The first kappa shape index (κ1) is 11.4. The molecular formula is C14H27N. The van der Waals surface area contributed by atoms with Crippen molar-refractivity contribution in [2.45, 2.75) is 65.3 Å². The maximum atomic E-state index is 2.63. The molecule has 0 spiro atoms. The van der Waals surface area contributed by atoms with Crippen LogP contribution in [0.15, 0.2) is 0 Å². The van der Waals surface area contributed by atoms with Gasteiger partial charge in [-0.2, -0.15) is 0 Å². The van der Waals surface area contributed by atoms with E-state index in [-0.39, 0.29) is 0 Å². The molecule has 1 saturated carbocycles. The molecule has 1 unspecified atom stereocenters. The van der Waals surface area contributed by atoms with Crippen LogP contribution in [0.4, 0.5) is 0 Å². The SMILES string of the molecule is CN1CCCC1C1(CC(C)(C)C)CCC1. The van der Waals surface area contributed by atoms with Gasteiger partial charge in [0.1, 0.15) is 0 Å². The van der Waals surface area contributed by atoms with Crippen LogP contribution in [0.25, 0.3) is 0 Å². The molecular weight excluding hydrogens is 182 g/mol. The summed E-state index contributed by atoms with van der Waals surface area (Å²) in [6.07, 6.45) is 8.74. The van der Waals surface area contributed by atoms with Crippen molar-refractivity contribution in [2.75, 3.05) is 13.6 Å². The highest BCUT2D eigenvalue weighted by atomic mass is 15.2. The largest absolute Gasteiger partial charge is 0.303 e. The van der Waals surface area contributed by atoms with Crippen molar-refractivity contribution >= 4 is 0 Å². The Kier molecular flexibility index (Phi) is 2.87. The van der Waals surface area contributed by atoms with Crippen LogP contribution in [0.3, 0.4) is 0 Å². The number of nitrogens with zero attached hydrogens (tertiary/aromatic N) is 1. The van der Waals surface area contributed by atoms with Gasteiger partial charge in [0.2, 0.25) is 0 Å². The van der Waals surface area contributed by atoms with Crippen molar-refractivity contribution in [3.05, 3.63) is 0 Å². The first-order chi connectivity index (χ1) is 6.93. The van der Waals surface area contributed by atoms with Crippen molar-refractivity contribution in [3.8, 4) is 0 Å². The third kappa shape index (κ3) is 2.22. The molecule has 88 valence electrons. The maximum Gasteiger partial charge on any atom is 0.0149 e. The van der Waals surface area contributed by atoms with Gasteiger partial charge in [-0.05, 0) is 56.5 Å². The molecule has 2 rings (SSSR count). The quantitative estimate of drug-likeness (QED) is 0.670. The molecule has 1 atom stereocenters. The number of hydrogen-bond donors (Lipinski definition) is 0. The Labute approximate surface area is 95.2 Å². The molecule has 2 fully saturated rings. The van der Waals surface area contributed by atoms with Gasteiger partial charge in [-0.3, -0.25) is 0 Å². The van der Waals surface area contributed by atoms with Crippen LogP contribution >= 0.6 is 0 Å². The molecule has 1 heteroatoms. The van der Waals surface area contributed by atoms with Crippen LogP contribution in [0.2, 0.25) is 0 Å². The van der Waals surface area contributed by atoms with E-state index < -0.39 is 0 Å². The highest BCUT2D eigenvalue weighted by Gasteiger charge is 2.48. The molecule has 2 aliphatic rings. The number of rotatable bonds is 2. The van der Waals surface area contributed by atoms with Gasteiger partial charge in [-0.25, -0.2) is 0 Å². The van der Waals surface area contributed by atoms with Gasteiger partial charge in [0.05, 0.1) is 0 Å². The van der Waals surface area contributed by atoms with Gasteiger partial charge in [0, 0.05) is 6.04 Å². The lowest BCUT2D eigenvalue weighted by molar-refractivity contribution is -0.00702. The summed E-state index contributed by atoms with van der Waals surface area (Å²) in [6, 6.07) is 0.894. The average Bonchev–Trinajstić information content (AvgIpc) is 2.42. The topological polar surface area (TPSA) is 3.24 Å². The lowest BCUT2D eigenvalue weighted by atomic mass is 9.57. The molecule has 0 aromatic carbocycles. The fourth-order valence-corrected chi connectivity index (χ4v) is 4.00. The summed E-state index contributed by atoms with van der Waals surface area (Å²) in [4.78, 5) is 2.63. The van der Waals surface area contributed by atoms with Crippen LogP contribution in [0.1, 0.15) is 59.3 Å². The summed E-state index contributed by atoms with van der Waals surface area (Å²) in [5.74, 6) is 0. The molecule has 0 radical (unpaired) electrons. The minimum atomic E-state index is 0.504. The Morgan fingerprint density at radius 2 is 1.87 bits per heavy atom. The zero-order valence-electron chi connectivity index (χ0n) is 11.0. The molecule has 0 bridgehead atoms. The predicted molar refractivity (Wildman–Crippen MR) is 66.0 cm³/mol. The Morgan fingerprint density at radius 1 is 1.20 bits per heavy atom. The molecule has 1 nitrogen and oxygen atoms in total. The van der Waals surface area contributed by atoms with E-state index in [9.17, 15) is 0 Å². The van der Waals surface area contributed by atoms with E-state index in [0.29, 0.717) is 10.8 Å². The van der Waals surface area contributed by atoms with Crippen LogP contribution < -0.4 is 0 Å². The Bertz CT molecular complexity index is 222. The standard InChI is InChI=1S/C14H27N/c1-13(2,3)11-14(8-6-9-14)12-7-5-10-15(12)4/h12H,5-11H2,1-4H3. The molecule has 0 aromatic rings. The second-order valence-corrected chi connectivity index (χ2v) is 7.09. The van der Waals surface area contributed by atoms with Crippen molar-refractivity contribution in [1.82, 2.24) is 4.90 Å². The molecule has 0 amide bonds. The van der Waals surface area contributed by atoms with E-state index >= 15 is 0 Å². The Hall–Kier alpha value is -0.0400. The van der Waals surface area contributed by atoms with E-state index in [0.717, 1.165) is 6.04 Å². The van der Waals surface area contributed by atoms with Crippen LogP contribution in [0, 0.1) is 10.8 Å². The summed E-state index contributed by atoms with van der Waals surface area (Å²) >= 11 is 0. The predicted octanol–water partition coefficient (Wildman–Crippen LogP) is 3.69. The van der Waals surface area contributed by atoms with Crippen molar-refractivity contribution in [2.24, 2.45) is 10.8 Å². The highest BCUT2D eigenvalue weighted by molar-refractivity contribution is 5.01. The zero-order valence-corrected chi connectivity index (χ0v) is 11.0. The summed E-state index contributed by atoms with van der Waals surface area (Å²) < 4.78 is 0. The molecule has 15 heavy (non-hydrogen) atoms. The highest BCUT2D eigenvalue weighted by Crippen LogP contribution is 2.54. The lowest BCUT2D eigenvalue weighted by Crippen LogP contribution is -2.49. The summed E-state index contributed by atoms with van der Waals surface area (Å²) in [7, 11) is 2.33. The normalized spacial score (nSPS) is 31.6. The Balaban J connectivity index is 2.07. The van der Waals surface area contributed by atoms with Gasteiger partial charge in [0.15, 0.2) is 0 Å². The smallest absolute Gasteiger partial charge is 0.0149 e. The number of likely N-dealkylation sites (tertiary alicyclic amines) is 1. The van der Waals surface area contributed by atoms with Crippen LogP contribution in [-0.4, -0.2) is 24.5 Å². The molecule has 1 heterocycles. The van der Waals surface area contributed by atoms with Crippen LogP contribution in [0.5, 0.6) is 0 Å². The van der Waals surface area contributed by atoms with Crippen molar-refractivity contribution < 1.29 is 0 Å². The fraction of sp³-hybridized carbons (Fsp3) is 1.00. The molecule has 0 N–H and O–H groups in total. The fourth-order valence-electron chi connectivity index (χ4n) is 4.00. The van der Waals surface area contributed by atoms with Crippen molar-refractivity contribution in [3.63, 3.8) is 0 Å². The van der Waals surface area contributed by atoms with E-state index in [2.05, 4.69) is 32.7 Å². The Morgan fingerprint density at radius 3 is 2.20 bits per heavy atom. The van der Waals surface area contributed by atoms with Gasteiger partial charge in [-0.1, -0.05) is 27.2 Å². The van der Waals surface area contributed by atoms with Gasteiger partial charge < -0.3 is 4.90 Å². The van der Waals surface area contributed by atoms with Gasteiger partial charge in [-0.15, -0.1) is 0 Å². The summed E-state index contributed by atoms with van der Waals surface area (Å²) in [5, 5.41) is 0. The van der Waals surface area contributed by atoms with E-state index in [1.165, 1.54) is 45.1 Å². The average molecular weight is 209 g/mol. The lowest BCUT2D eigenvalue weighted by Gasteiger charge is -2.52. The summed E-state index contributed by atoms with van der Waals surface area (Å²) in [5.41, 5.74) is 1.19. The zero-order chi connectivity index (χ0) is 11.1. The first-order valence-electron chi connectivity index (χ1n) is 6.63. The van der Waals surface area contributed by atoms with E-state index in [1.54, 1.807) is 0 Å². The van der Waals surface area contributed by atoms with Gasteiger partial charge >= 0.3 is 0 Å². The second-order valence-electron chi connectivity index (χ2n) is 7.09. The minimum Gasteiger partial charge on any atom is -0.303 e. The molecule has 1 aliphatic heterocycles. The first-order valence-corrected chi connectivity index (χ1v) is 6.63. The summed E-state index contributed by atoms with van der Waals surface area (Å²) in [6.45, 7) is 8.54. The van der Waals surface area contributed by atoms with E-state index in [4.69, 9.17) is 0 Å².